The molecule has 2 rings (SSSR count). The molecule has 0 saturated heterocycles. The third-order valence-electron chi connectivity index (χ3n) is 3.33. The van der Waals surface area contributed by atoms with Crippen LogP contribution in [0.1, 0.15) is 17.1 Å². The first-order chi connectivity index (χ1) is 10.1. The van der Waals surface area contributed by atoms with Crippen molar-refractivity contribution in [3.63, 3.8) is 0 Å². The maximum absolute atomic E-state index is 10.0. The molecular weight excluding hydrogens is 266 g/mol. The summed E-state index contributed by atoms with van der Waals surface area (Å²) < 4.78 is 10.7. The Kier molecular flexibility index (Phi) is 5.42. The van der Waals surface area contributed by atoms with Gasteiger partial charge < -0.3 is 19.2 Å². The Balaban J connectivity index is 2.14. The lowest BCUT2D eigenvalue weighted by atomic mass is 10.2. The highest BCUT2D eigenvalue weighted by Crippen LogP contribution is 2.19. The number of hydrogen-bond donors (Lipinski definition) is 1. The second kappa shape index (κ2) is 7.29. The molecule has 1 atom stereocenters. The number of anilines is 1. The van der Waals surface area contributed by atoms with Crippen LogP contribution in [0.4, 0.5) is 5.69 Å². The van der Waals surface area contributed by atoms with Gasteiger partial charge in [0.1, 0.15) is 11.5 Å². The summed E-state index contributed by atoms with van der Waals surface area (Å²) in [6.45, 7) is 5.43. The van der Waals surface area contributed by atoms with Crippen molar-refractivity contribution in [1.29, 1.82) is 0 Å². The van der Waals surface area contributed by atoms with Gasteiger partial charge in [0.25, 0.3) is 0 Å². The number of benzene rings is 1. The molecule has 2 aromatic rings. The number of aliphatic hydroxyl groups excluding tert-OH is 1. The van der Waals surface area contributed by atoms with Gasteiger partial charge in [0, 0.05) is 19.3 Å². The molecule has 0 amide bonds. The molecule has 1 unspecified atom stereocenters. The molecule has 1 aromatic carbocycles. The Hall–Kier alpha value is -1.78. The van der Waals surface area contributed by atoms with E-state index in [0.29, 0.717) is 19.7 Å². The second-order valence-corrected chi connectivity index (χ2v) is 5.34. The first-order valence-electron chi connectivity index (χ1n) is 7.12. The van der Waals surface area contributed by atoms with Gasteiger partial charge in [-0.15, -0.1) is 0 Å². The predicted octanol–water partition coefficient (Wildman–Crippen LogP) is 2.91. The Labute approximate surface area is 126 Å². The van der Waals surface area contributed by atoms with Crippen molar-refractivity contribution in [1.82, 2.24) is 0 Å². The highest BCUT2D eigenvalue weighted by Gasteiger charge is 2.14. The van der Waals surface area contributed by atoms with Gasteiger partial charge in [-0.2, -0.15) is 0 Å². The molecule has 0 bridgehead atoms. The van der Waals surface area contributed by atoms with E-state index in [2.05, 4.69) is 36.1 Å². The molecule has 0 saturated carbocycles. The van der Waals surface area contributed by atoms with E-state index in [1.54, 1.807) is 7.11 Å². The number of methoxy groups -OCH3 is 1. The minimum absolute atomic E-state index is 0.319. The minimum atomic E-state index is -0.535. The van der Waals surface area contributed by atoms with Crippen LogP contribution in [0.3, 0.4) is 0 Å². The Morgan fingerprint density at radius 1 is 1.14 bits per heavy atom. The number of aliphatic hydroxyl groups is 1. The van der Waals surface area contributed by atoms with Crippen molar-refractivity contribution >= 4 is 5.69 Å². The third kappa shape index (κ3) is 4.62. The van der Waals surface area contributed by atoms with Gasteiger partial charge in [-0.1, -0.05) is 17.7 Å². The maximum Gasteiger partial charge on any atom is 0.123 e. The van der Waals surface area contributed by atoms with E-state index < -0.39 is 6.10 Å². The van der Waals surface area contributed by atoms with Crippen LogP contribution in [-0.4, -0.2) is 31.5 Å². The van der Waals surface area contributed by atoms with Crippen LogP contribution in [0.25, 0.3) is 0 Å². The third-order valence-corrected chi connectivity index (χ3v) is 3.33. The predicted molar refractivity (Wildman–Crippen MR) is 83.6 cm³/mol. The number of furan rings is 1. The molecule has 114 valence electrons. The molecule has 1 N–H and O–H groups in total. The number of nitrogens with zero attached hydrogens (tertiary/aromatic N) is 1. The van der Waals surface area contributed by atoms with Crippen molar-refractivity contribution in [2.24, 2.45) is 0 Å². The zero-order valence-electron chi connectivity index (χ0n) is 12.9. The Bertz CT molecular complexity index is 547. The molecule has 0 aliphatic carbocycles. The molecule has 0 aliphatic heterocycles. The SMILES string of the molecule is COCC(O)CN(Cc1ccc(C)o1)c1ccc(C)cc1. The fraction of sp³-hybridized carbons (Fsp3) is 0.412. The monoisotopic (exact) mass is 289 g/mol. The van der Waals surface area contributed by atoms with Crippen LogP contribution >= 0.6 is 0 Å². The molecule has 0 radical (unpaired) electrons. The summed E-state index contributed by atoms with van der Waals surface area (Å²) in [4.78, 5) is 2.10. The number of rotatable bonds is 7. The van der Waals surface area contributed by atoms with Gasteiger partial charge in [0.15, 0.2) is 0 Å². The van der Waals surface area contributed by atoms with Crippen LogP contribution in [-0.2, 0) is 11.3 Å². The lowest BCUT2D eigenvalue weighted by Gasteiger charge is -2.26. The average Bonchev–Trinajstić information content (AvgIpc) is 2.84. The van der Waals surface area contributed by atoms with Crippen LogP contribution in [0.15, 0.2) is 40.8 Å². The summed E-state index contributed by atoms with van der Waals surface area (Å²) in [6, 6.07) is 12.2. The highest BCUT2D eigenvalue weighted by molar-refractivity contribution is 5.47. The second-order valence-electron chi connectivity index (χ2n) is 5.34. The zero-order chi connectivity index (χ0) is 15.2. The number of ether oxygens (including phenoxy) is 1. The van der Waals surface area contributed by atoms with Crippen molar-refractivity contribution < 1.29 is 14.3 Å². The van der Waals surface area contributed by atoms with E-state index in [1.807, 2.05) is 19.1 Å². The number of hydrogen-bond acceptors (Lipinski definition) is 4. The van der Waals surface area contributed by atoms with E-state index in [4.69, 9.17) is 9.15 Å². The van der Waals surface area contributed by atoms with Gasteiger partial charge in [0.05, 0.1) is 19.3 Å². The summed E-state index contributed by atoms with van der Waals surface area (Å²) in [5, 5.41) is 10.0. The van der Waals surface area contributed by atoms with E-state index in [0.717, 1.165) is 17.2 Å². The summed E-state index contributed by atoms with van der Waals surface area (Å²) in [5.74, 6) is 1.78. The van der Waals surface area contributed by atoms with Crippen LogP contribution in [0.5, 0.6) is 0 Å². The summed E-state index contributed by atoms with van der Waals surface area (Å²) in [6.07, 6.45) is -0.535. The van der Waals surface area contributed by atoms with Crippen molar-refractivity contribution in [2.75, 3.05) is 25.2 Å². The van der Waals surface area contributed by atoms with Gasteiger partial charge in [-0.25, -0.2) is 0 Å². The van der Waals surface area contributed by atoms with Crippen LogP contribution in [0.2, 0.25) is 0 Å². The Morgan fingerprint density at radius 3 is 2.43 bits per heavy atom. The van der Waals surface area contributed by atoms with Crippen LogP contribution in [0, 0.1) is 13.8 Å². The summed E-state index contributed by atoms with van der Waals surface area (Å²) in [5.41, 5.74) is 2.27. The normalized spacial score (nSPS) is 12.4. The van der Waals surface area contributed by atoms with Crippen LogP contribution < -0.4 is 4.90 Å². The fourth-order valence-electron chi connectivity index (χ4n) is 2.27. The summed E-state index contributed by atoms with van der Waals surface area (Å²) >= 11 is 0. The average molecular weight is 289 g/mol. The largest absolute Gasteiger partial charge is 0.464 e. The van der Waals surface area contributed by atoms with Crippen molar-refractivity contribution in [3.05, 3.63) is 53.5 Å². The van der Waals surface area contributed by atoms with E-state index in [1.165, 1.54) is 5.56 Å². The van der Waals surface area contributed by atoms with E-state index in [-0.39, 0.29) is 0 Å². The lowest BCUT2D eigenvalue weighted by Crippen LogP contribution is -2.34. The molecule has 0 fully saturated rings. The van der Waals surface area contributed by atoms with E-state index in [9.17, 15) is 5.11 Å². The molecular formula is C17H23NO3. The van der Waals surface area contributed by atoms with Gasteiger partial charge >= 0.3 is 0 Å². The fourth-order valence-corrected chi connectivity index (χ4v) is 2.27. The molecule has 1 aromatic heterocycles. The first-order valence-corrected chi connectivity index (χ1v) is 7.12. The molecule has 0 spiro atoms. The molecule has 0 aliphatic rings. The summed E-state index contributed by atoms with van der Waals surface area (Å²) in [7, 11) is 1.59. The molecule has 4 heteroatoms. The van der Waals surface area contributed by atoms with Gasteiger partial charge in [-0.05, 0) is 38.1 Å². The van der Waals surface area contributed by atoms with Crippen molar-refractivity contribution in [3.8, 4) is 0 Å². The first kappa shape index (κ1) is 15.6. The quantitative estimate of drug-likeness (QED) is 0.851. The minimum Gasteiger partial charge on any atom is -0.464 e. The molecule has 1 heterocycles. The lowest BCUT2D eigenvalue weighted by molar-refractivity contribution is 0.0684. The maximum atomic E-state index is 10.0. The molecule has 21 heavy (non-hydrogen) atoms. The number of aryl methyl sites for hydroxylation is 2. The van der Waals surface area contributed by atoms with Gasteiger partial charge in [-0.3, -0.25) is 0 Å². The Morgan fingerprint density at radius 2 is 1.86 bits per heavy atom. The van der Waals surface area contributed by atoms with E-state index >= 15 is 0 Å². The topological polar surface area (TPSA) is 45.8 Å². The molecule has 4 nitrogen and oxygen atoms in total. The standard InChI is InChI=1S/C17H23NO3/c1-13-4-7-15(8-5-13)18(10-16(19)12-20-3)11-17-9-6-14(2)21-17/h4-9,16,19H,10-12H2,1-3H3. The van der Waals surface area contributed by atoms with Crippen molar-refractivity contribution in [2.45, 2.75) is 26.5 Å². The van der Waals surface area contributed by atoms with Gasteiger partial charge in [0.2, 0.25) is 0 Å². The smallest absolute Gasteiger partial charge is 0.123 e. The zero-order valence-corrected chi connectivity index (χ0v) is 12.9. The highest BCUT2D eigenvalue weighted by atomic mass is 16.5.